The van der Waals surface area contributed by atoms with Crippen LogP contribution in [0, 0.1) is 0 Å². The molecule has 13 heavy (non-hydrogen) atoms. The van der Waals surface area contributed by atoms with Crippen molar-refractivity contribution >= 4 is 0 Å². The Balaban J connectivity index is 2.58. The van der Waals surface area contributed by atoms with Crippen molar-refractivity contribution < 1.29 is 4.39 Å². The van der Waals surface area contributed by atoms with Gasteiger partial charge in [-0.1, -0.05) is 24.3 Å². The van der Waals surface area contributed by atoms with Gasteiger partial charge in [0.25, 0.3) is 0 Å². The predicted octanol–water partition coefficient (Wildman–Crippen LogP) is 0.985. The third-order valence-corrected chi connectivity index (χ3v) is 1.95. The maximum atomic E-state index is 12.1. The lowest BCUT2D eigenvalue weighted by Crippen LogP contribution is -2.24. The lowest BCUT2D eigenvalue weighted by molar-refractivity contribution is 0.427. The molecule has 1 rings (SSSR count). The summed E-state index contributed by atoms with van der Waals surface area (Å²) in [7, 11) is 0. The first kappa shape index (κ1) is 10.2. The molecule has 0 amide bonds. The van der Waals surface area contributed by atoms with Crippen LogP contribution in [-0.4, -0.2) is 12.7 Å². The zero-order valence-corrected chi connectivity index (χ0v) is 7.54. The number of hydrogen-bond donors (Lipinski definition) is 2. The van der Waals surface area contributed by atoms with Gasteiger partial charge < -0.3 is 11.5 Å². The number of rotatable bonds is 4. The number of benzene rings is 1. The Kier molecular flexibility index (Phi) is 3.86. The van der Waals surface area contributed by atoms with Crippen molar-refractivity contribution in [1.82, 2.24) is 0 Å². The lowest BCUT2D eigenvalue weighted by atomic mass is 10.1. The van der Waals surface area contributed by atoms with E-state index in [1.807, 2.05) is 24.3 Å². The van der Waals surface area contributed by atoms with Crippen LogP contribution in [0.5, 0.6) is 0 Å². The molecule has 0 saturated carbocycles. The highest BCUT2D eigenvalue weighted by molar-refractivity contribution is 5.22. The van der Waals surface area contributed by atoms with Crippen LogP contribution >= 0.6 is 0 Å². The Labute approximate surface area is 77.7 Å². The van der Waals surface area contributed by atoms with Crippen molar-refractivity contribution in [1.29, 1.82) is 0 Å². The Hall–Kier alpha value is -0.930. The van der Waals surface area contributed by atoms with Crippen molar-refractivity contribution in [3.05, 3.63) is 35.4 Å². The largest absolute Gasteiger partial charge is 0.326 e. The minimum absolute atomic E-state index is 0.385. The molecular weight excluding hydrogens is 167 g/mol. The van der Waals surface area contributed by atoms with Crippen molar-refractivity contribution in [2.24, 2.45) is 11.5 Å². The summed E-state index contributed by atoms with van der Waals surface area (Å²) in [5.41, 5.74) is 13.1. The van der Waals surface area contributed by atoms with Gasteiger partial charge in [0.1, 0.15) is 6.67 Å². The maximum Gasteiger partial charge on any atom is 0.105 e. The van der Waals surface area contributed by atoms with Crippen molar-refractivity contribution in [2.45, 2.75) is 19.0 Å². The van der Waals surface area contributed by atoms with Gasteiger partial charge in [0.2, 0.25) is 0 Å². The minimum Gasteiger partial charge on any atom is -0.326 e. The van der Waals surface area contributed by atoms with Crippen LogP contribution in [0.3, 0.4) is 0 Å². The molecular formula is C10H15FN2. The maximum absolute atomic E-state index is 12.1. The van der Waals surface area contributed by atoms with Gasteiger partial charge in [-0.25, -0.2) is 4.39 Å². The van der Waals surface area contributed by atoms with Crippen LogP contribution in [0.15, 0.2) is 24.3 Å². The minimum atomic E-state index is -0.474. The third kappa shape index (κ3) is 3.13. The van der Waals surface area contributed by atoms with Crippen LogP contribution in [0.2, 0.25) is 0 Å². The second kappa shape index (κ2) is 4.94. The molecule has 2 nitrogen and oxygen atoms in total. The summed E-state index contributed by atoms with van der Waals surface area (Å²) in [4.78, 5) is 0. The number of halogens is 1. The summed E-state index contributed by atoms with van der Waals surface area (Å²) in [6.07, 6.45) is 0.585. The van der Waals surface area contributed by atoms with Gasteiger partial charge in [0.05, 0.1) is 0 Å². The van der Waals surface area contributed by atoms with Crippen molar-refractivity contribution in [3.63, 3.8) is 0 Å². The van der Waals surface area contributed by atoms with E-state index < -0.39 is 6.67 Å². The summed E-state index contributed by atoms with van der Waals surface area (Å²) in [6, 6.07) is 7.39. The average molecular weight is 182 g/mol. The number of hydrogen-bond acceptors (Lipinski definition) is 2. The quantitative estimate of drug-likeness (QED) is 0.729. The summed E-state index contributed by atoms with van der Waals surface area (Å²) < 4.78 is 12.1. The molecule has 1 aromatic carbocycles. The topological polar surface area (TPSA) is 52.0 Å². The highest BCUT2D eigenvalue weighted by atomic mass is 19.1. The molecule has 1 unspecified atom stereocenters. The first-order chi connectivity index (χ1) is 6.26. The molecule has 3 heteroatoms. The van der Waals surface area contributed by atoms with E-state index in [-0.39, 0.29) is 6.04 Å². The molecule has 0 heterocycles. The van der Waals surface area contributed by atoms with Crippen LogP contribution in [-0.2, 0) is 13.0 Å². The van der Waals surface area contributed by atoms with Gasteiger partial charge in [-0.2, -0.15) is 0 Å². The molecule has 0 bridgehead atoms. The standard InChI is InChI=1S/C10H15FN2/c11-6-10(13)5-8-1-3-9(7-12)4-2-8/h1-4,10H,5-7,12-13H2. The fourth-order valence-corrected chi connectivity index (χ4v) is 1.17. The molecule has 72 valence electrons. The van der Waals surface area contributed by atoms with E-state index in [2.05, 4.69) is 0 Å². The van der Waals surface area contributed by atoms with Gasteiger partial charge >= 0.3 is 0 Å². The monoisotopic (exact) mass is 182 g/mol. The first-order valence-corrected chi connectivity index (χ1v) is 4.35. The molecule has 1 aromatic rings. The Bertz CT molecular complexity index is 246. The Morgan fingerprint density at radius 1 is 1.15 bits per heavy atom. The lowest BCUT2D eigenvalue weighted by Gasteiger charge is -2.07. The second-order valence-electron chi connectivity index (χ2n) is 3.14. The smallest absolute Gasteiger partial charge is 0.105 e. The van der Waals surface area contributed by atoms with E-state index in [9.17, 15) is 4.39 Å². The van der Waals surface area contributed by atoms with E-state index >= 15 is 0 Å². The van der Waals surface area contributed by atoms with Gasteiger partial charge in [0, 0.05) is 12.6 Å². The number of nitrogens with two attached hydrogens (primary N) is 2. The van der Waals surface area contributed by atoms with E-state index in [0.717, 1.165) is 11.1 Å². The zero-order valence-electron chi connectivity index (χ0n) is 7.54. The summed E-state index contributed by atoms with van der Waals surface area (Å²) in [5.74, 6) is 0. The highest BCUT2D eigenvalue weighted by Crippen LogP contribution is 2.05. The van der Waals surface area contributed by atoms with Crippen molar-refractivity contribution in [2.75, 3.05) is 6.67 Å². The molecule has 4 N–H and O–H groups in total. The second-order valence-corrected chi connectivity index (χ2v) is 3.14. The van der Waals surface area contributed by atoms with Gasteiger partial charge in [-0.3, -0.25) is 0 Å². The summed E-state index contributed by atoms with van der Waals surface area (Å²) >= 11 is 0. The molecule has 0 aromatic heterocycles. The first-order valence-electron chi connectivity index (χ1n) is 4.35. The summed E-state index contributed by atoms with van der Waals surface area (Å²) in [5, 5.41) is 0. The molecule has 0 fully saturated rings. The van der Waals surface area contributed by atoms with Gasteiger partial charge in [0.15, 0.2) is 0 Å². The van der Waals surface area contributed by atoms with Crippen LogP contribution in [0.4, 0.5) is 4.39 Å². The van der Waals surface area contributed by atoms with E-state index in [1.165, 1.54) is 0 Å². The van der Waals surface area contributed by atoms with Crippen LogP contribution in [0.25, 0.3) is 0 Å². The SMILES string of the molecule is NCc1ccc(CC(N)CF)cc1. The third-order valence-electron chi connectivity index (χ3n) is 1.95. The molecule has 0 aliphatic carbocycles. The predicted molar refractivity (Wildman–Crippen MR) is 52.0 cm³/mol. The molecule has 0 saturated heterocycles. The van der Waals surface area contributed by atoms with E-state index in [4.69, 9.17) is 11.5 Å². The van der Waals surface area contributed by atoms with E-state index in [1.54, 1.807) is 0 Å². The fraction of sp³-hybridized carbons (Fsp3) is 0.400. The molecule has 0 spiro atoms. The molecule has 1 atom stereocenters. The van der Waals surface area contributed by atoms with Crippen molar-refractivity contribution in [3.8, 4) is 0 Å². The molecule has 0 aliphatic rings. The van der Waals surface area contributed by atoms with E-state index in [0.29, 0.717) is 13.0 Å². The highest BCUT2D eigenvalue weighted by Gasteiger charge is 2.02. The Morgan fingerprint density at radius 3 is 2.15 bits per heavy atom. The average Bonchev–Trinajstić information content (AvgIpc) is 2.19. The molecule has 0 aliphatic heterocycles. The number of alkyl halides is 1. The Morgan fingerprint density at radius 2 is 1.69 bits per heavy atom. The zero-order chi connectivity index (χ0) is 9.68. The van der Waals surface area contributed by atoms with Crippen LogP contribution in [0.1, 0.15) is 11.1 Å². The van der Waals surface area contributed by atoms with Crippen LogP contribution < -0.4 is 11.5 Å². The summed E-state index contributed by atoms with van der Waals surface area (Å²) in [6.45, 7) is 0.0636. The normalized spacial score (nSPS) is 12.8. The molecule has 0 radical (unpaired) electrons. The van der Waals surface area contributed by atoms with Gasteiger partial charge in [-0.05, 0) is 17.5 Å². The fourth-order valence-electron chi connectivity index (χ4n) is 1.17. The van der Waals surface area contributed by atoms with Gasteiger partial charge in [-0.15, -0.1) is 0 Å².